The maximum absolute atomic E-state index is 13.6. The Labute approximate surface area is 231 Å². The maximum atomic E-state index is 13.6. The van der Waals surface area contributed by atoms with Gasteiger partial charge in [0.2, 0.25) is 0 Å². The van der Waals surface area contributed by atoms with Crippen LogP contribution in [0.25, 0.3) is 16.9 Å². The van der Waals surface area contributed by atoms with Gasteiger partial charge in [0.15, 0.2) is 0 Å². The first kappa shape index (κ1) is 33.6. The third kappa shape index (κ3) is 6.07. The van der Waals surface area contributed by atoms with E-state index in [1.807, 2.05) is 0 Å². The predicted molar refractivity (Wildman–Crippen MR) is 112 cm³/mol. The van der Waals surface area contributed by atoms with E-state index >= 15 is 0 Å². The number of alkyl halides is 15. The van der Waals surface area contributed by atoms with Crippen LogP contribution in [0.5, 0.6) is 0 Å². The molecule has 0 atom stereocenters. The molecule has 6 nitrogen and oxygen atoms in total. The number of halogens is 15. The maximum Gasteiger partial charge on any atom is 0.455 e. The van der Waals surface area contributed by atoms with Gasteiger partial charge in [-0.25, -0.2) is 4.68 Å². The van der Waals surface area contributed by atoms with E-state index in [4.69, 9.17) is 10.5 Å². The average molecular weight is 654 g/mol. The minimum atomic E-state index is -6.13. The molecule has 1 aromatic heterocycles. The number of carbonyl (C=O) groups is 1. The highest BCUT2D eigenvalue weighted by Crippen LogP contribution is 2.44. The fourth-order valence-electron chi connectivity index (χ4n) is 3.86. The summed E-state index contributed by atoms with van der Waals surface area (Å²) < 4.78 is 202. The Kier molecular flexibility index (Phi) is 7.89. The van der Waals surface area contributed by atoms with E-state index in [-0.39, 0.29) is 12.1 Å². The fourth-order valence-corrected chi connectivity index (χ4v) is 3.86. The zero-order valence-electron chi connectivity index (χ0n) is 20.1. The fraction of sp³-hybridized carbons (Fsp3) is 0.217. The minimum Gasteiger partial charge on any atom is -0.290 e. The van der Waals surface area contributed by atoms with E-state index in [2.05, 4.69) is 0 Å². The lowest BCUT2D eigenvalue weighted by Gasteiger charge is -2.17. The molecule has 0 aliphatic carbocycles. The Morgan fingerprint density at radius 3 is 1.27 bits per heavy atom. The number of aromatic amines is 1. The Balaban J connectivity index is 2.60. The van der Waals surface area contributed by atoms with Crippen molar-refractivity contribution < 1.29 is 70.7 Å². The predicted octanol–water partition coefficient (Wildman–Crippen LogP) is 7.40. The zero-order chi connectivity index (χ0) is 34.0. The van der Waals surface area contributed by atoms with Crippen LogP contribution in [0, 0.1) is 22.7 Å². The topological polar surface area (TPSA) is 102 Å². The Bertz CT molecular complexity index is 1730. The van der Waals surface area contributed by atoms with Crippen LogP contribution in [0.1, 0.15) is 43.7 Å². The van der Waals surface area contributed by atoms with E-state index in [0.29, 0.717) is 12.1 Å². The van der Waals surface area contributed by atoms with Crippen molar-refractivity contribution >= 4 is 5.78 Å². The van der Waals surface area contributed by atoms with Gasteiger partial charge in [-0.2, -0.15) is 76.4 Å². The standard InChI is InChI=1S/C23H5F15N4O2/c24-19(25,26)11-1-7(2-12(9(11)5-39)20(27,28)29)16-15(17(43)23(36,37)38)18(44)42(41-16)8-3-13(21(30,31)32)10(6-40)14(4-8)22(33,34)35/h1-4,41H. The third-order valence-electron chi connectivity index (χ3n) is 5.63. The van der Waals surface area contributed by atoms with Crippen molar-refractivity contribution in [2.24, 2.45) is 0 Å². The van der Waals surface area contributed by atoms with Crippen molar-refractivity contribution in [2.75, 3.05) is 0 Å². The molecule has 3 rings (SSSR count). The number of hydrogen-bond donors (Lipinski definition) is 1. The molecule has 0 amide bonds. The van der Waals surface area contributed by atoms with Gasteiger partial charge in [-0.1, -0.05) is 0 Å². The number of Topliss-reactive ketones (excluding diaryl/α,β-unsaturated/α-hetero) is 1. The van der Waals surface area contributed by atoms with E-state index in [0.717, 1.165) is 0 Å². The second-order valence-electron chi connectivity index (χ2n) is 8.41. The molecule has 2 aromatic carbocycles. The molecule has 21 heteroatoms. The SMILES string of the molecule is N#Cc1c(C(F)(F)F)cc(-c2[nH]n(-c3cc(C(F)(F)F)c(C#N)c(C(F)(F)F)c3)c(=O)c2C(=O)C(F)(F)F)cc1C(F)(F)F. The molecule has 0 aliphatic heterocycles. The summed E-state index contributed by atoms with van der Waals surface area (Å²) in [7, 11) is 0. The van der Waals surface area contributed by atoms with E-state index in [1.54, 1.807) is 0 Å². The normalized spacial score (nSPS) is 13.0. The number of H-pyrrole nitrogens is 1. The minimum absolute atomic E-state index is 0.377. The highest BCUT2D eigenvalue weighted by atomic mass is 19.4. The highest BCUT2D eigenvalue weighted by molar-refractivity contribution is 6.05. The number of ketones is 1. The molecule has 1 heterocycles. The molecule has 0 radical (unpaired) electrons. The molecule has 0 saturated carbocycles. The quantitative estimate of drug-likeness (QED) is 0.235. The Hall–Kier alpha value is -4.95. The number of rotatable bonds is 3. The Morgan fingerprint density at radius 1 is 0.636 bits per heavy atom. The van der Waals surface area contributed by atoms with Gasteiger partial charge in [0.1, 0.15) is 17.7 Å². The van der Waals surface area contributed by atoms with Crippen LogP contribution in [0.15, 0.2) is 29.1 Å². The molecule has 0 spiro atoms. The van der Waals surface area contributed by atoms with E-state index < -0.39 is 115 Å². The molecule has 234 valence electrons. The van der Waals surface area contributed by atoms with Gasteiger partial charge in [0.25, 0.3) is 11.3 Å². The number of aromatic nitrogens is 2. The zero-order valence-corrected chi connectivity index (χ0v) is 20.1. The van der Waals surface area contributed by atoms with Gasteiger partial charge in [0.05, 0.1) is 44.8 Å². The monoisotopic (exact) mass is 654 g/mol. The van der Waals surface area contributed by atoms with E-state index in [9.17, 15) is 75.4 Å². The second-order valence-corrected chi connectivity index (χ2v) is 8.41. The van der Waals surface area contributed by atoms with Crippen LogP contribution < -0.4 is 5.56 Å². The third-order valence-corrected chi connectivity index (χ3v) is 5.63. The van der Waals surface area contributed by atoms with Gasteiger partial charge >= 0.3 is 30.9 Å². The molecule has 0 aliphatic rings. The summed E-state index contributed by atoms with van der Waals surface area (Å²) in [6.45, 7) is 0. The van der Waals surface area contributed by atoms with E-state index in [1.165, 1.54) is 5.10 Å². The van der Waals surface area contributed by atoms with Crippen molar-refractivity contribution in [3.8, 4) is 29.1 Å². The molecule has 44 heavy (non-hydrogen) atoms. The summed E-state index contributed by atoms with van der Waals surface area (Å²) in [5.41, 5.74) is -23.9. The summed E-state index contributed by atoms with van der Waals surface area (Å²) in [4.78, 5) is 25.0. The summed E-state index contributed by atoms with van der Waals surface area (Å²) in [5, 5.41) is 19.2. The molecule has 0 bridgehead atoms. The summed E-state index contributed by atoms with van der Waals surface area (Å²) >= 11 is 0. The van der Waals surface area contributed by atoms with Gasteiger partial charge < -0.3 is 0 Å². The van der Waals surface area contributed by atoms with Crippen LogP contribution in [-0.2, 0) is 24.7 Å². The first-order chi connectivity index (χ1) is 19.7. The smallest absolute Gasteiger partial charge is 0.290 e. The molecule has 0 fully saturated rings. The van der Waals surface area contributed by atoms with Crippen LogP contribution in [0.3, 0.4) is 0 Å². The summed E-state index contributed by atoms with van der Waals surface area (Å²) in [6.07, 6.45) is -29.4. The number of benzene rings is 2. The number of nitrogens with one attached hydrogen (secondary N) is 1. The molecule has 3 aromatic rings. The van der Waals surface area contributed by atoms with Crippen molar-refractivity contribution in [1.29, 1.82) is 10.5 Å². The number of nitrogens with zero attached hydrogens (tertiary/aromatic N) is 3. The summed E-state index contributed by atoms with van der Waals surface area (Å²) in [5.74, 6) is -3.28. The lowest BCUT2D eigenvalue weighted by Crippen LogP contribution is -2.30. The van der Waals surface area contributed by atoms with Gasteiger partial charge in [-0.05, 0) is 24.3 Å². The molecular formula is C23H5F15N4O2. The lowest BCUT2D eigenvalue weighted by atomic mass is 9.94. The lowest BCUT2D eigenvalue weighted by molar-refractivity contribution is -0.145. The summed E-state index contributed by atoms with van der Waals surface area (Å²) in [6, 6.07) is -0.333. The Morgan fingerprint density at radius 2 is 0.977 bits per heavy atom. The average Bonchev–Trinajstić information content (AvgIpc) is 3.20. The van der Waals surface area contributed by atoms with Crippen LogP contribution in [0.4, 0.5) is 65.9 Å². The second kappa shape index (κ2) is 10.3. The van der Waals surface area contributed by atoms with Crippen molar-refractivity contribution in [3.05, 3.63) is 73.6 Å². The highest BCUT2D eigenvalue weighted by Gasteiger charge is 2.47. The number of hydrogen-bond acceptors (Lipinski definition) is 4. The number of nitriles is 2. The van der Waals surface area contributed by atoms with Crippen molar-refractivity contribution in [3.63, 3.8) is 0 Å². The van der Waals surface area contributed by atoms with Crippen molar-refractivity contribution in [2.45, 2.75) is 30.9 Å². The first-order valence-corrected chi connectivity index (χ1v) is 10.7. The number of carbonyl (C=O) groups excluding carboxylic acids is 1. The van der Waals surface area contributed by atoms with Crippen LogP contribution in [0.2, 0.25) is 0 Å². The molecular weight excluding hydrogens is 649 g/mol. The van der Waals surface area contributed by atoms with Crippen molar-refractivity contribution in [1.82, 2.24) is 9.78 Å². The van der Waals surface area contributed by atoms with Gasteiger partial charge in [0, 0.05) is 5.56 Å². The van der Waals surface area contributed by atoms with Gasteiger partial charge in [-0.3, -0.25) is 14.7 Å². The van der Waals surface area contributed by atoms with Crippen LogP contribution in [-0.4, -0.2) is 21.7 Å². The molecule has 0 saturated heterocycles. The largest absolute Gasteiger partial charge is 0.455 e. The first-order valence-electron chi connectivity index (χ1n) is 10.7. The molecule has 1 N–H and O–H groups in total. The van der Waals surface area contributed by atoms with Gasteiger partial charge in [-0.15, -0.1) is 0 Å². The van der Waals surface area contributed by atoms with Crippen LogP contribution >= 0.6 is 0 Å². The molecule has 0 unspecified atom stereocenters.